The van der Waals surface area contributed by atoms with Crippen molar-refractivity contribution in [2.24, 2.45) is 0 Å². The van der Waals surface area contributed by atoms with Gasteiger partial charge in [-0.15, -0.1) is 0 Å². The summed E-state index contributed by atoms with van der Waals surface area (Å²) in [6.45, 7) is -0.135. The van der Waals surface area contributed by atoms with Crippen molar-refractivity contribution in [3.63, 3.8) is 0 Å². The number of anilines is 1. The standard InChI is InChI=1S/C8H10N4O3/c9-6-3-10-12(8(14)11-6)7-2-1-5(4-13)15-7/h1-3,5,7,13H,4H2,(H2,9,11,14)/t5-,7+/m0/s1. The monoisotopic (exact) mass is 210 g/mol. The van der Waals surface area contributed by atoms with Gasteiger partial charge in [0, 0.05) is 0 Å². The highest BCUT2D eigenvalue weighted by Gasteiger charge is 2.21. The number of nitrogens with zero attached hydrogens (tertiary/aromatic N) is 3. The first kappa shape index (κ1) is 9.81. The first-order valence-electron chi connectivity index (χ1n) is 4.36. The SMILES string of the molecule is Nc1cnn([C@H]2C=C[C@@H](CO)O2)c(=O)n1. The van der Waals surface area contributed by atoms with E-state index < -0.39 is 18.0 Å². The molecular formula is C8H10N4O3. The van der Waals surface area contributed by atoms with E-state index in [4.69, 9.17) is 15.6 Å². The highest BCUT2D eigenvalue weighted by molar-refractivity contribution is 5.19. The van der Waals surface area contributed by atoms with Crippen LogP contribution in [0.1, 0.15) is 6.23 Å². The third kappa shape index (κ3) is 1.88. The van der Waals surface area contributed by atoms with Gasteiger partial charge in [0.2, 0.25) is 0 Å². The Balaban J connectivity index is 2.25. The zero-order chi connectivity index (χ0) is 10.8. The van der Waals surface area contributed by atoms with E-state index in [1.807, 2.05) is 0 Å². The first-order valence-corrected chi connectivity index (χ1v) is 4.36. The number of hydrogen-bond acceptors (Lipinski definition) is 6. The summed E-state index contributed by atoms with van der Waals surface area (Å²) in [4.78, 5) is 14.9. The maximum Gasteiger partial charge on any atom is 0.368 e. The van der Waals surface area contributed by atoms with Crippen molar-refractivity contribution < 1.29 is 9.84 Å². The van der Waals surface area contributed by atoms with Crippen LogP contribution in [-0.4, -0.2) is 32.6 Å². The van der Waals surface area contributed by atoms with Crippen LogP contribution in [0.3, 0.4) is 0 Å². The van der Waals surface area contributed by atoms with Crippen LogP contribution in [0.15, 0.2) is 23.1 Å². The van der Waals surface area contributed by atoms with Gasteiger partial charge in [0.25, 0.3) is 0 Å². The van der Waals surface area contributed by atoms with Gasteiger partial charge < -0.3 is 15.6 Å². The average molecular weight is 210 g/mol. The van der Waals surface area contributed by atoms with E-state index in [1.165, 1.54) is 6.20 Å². The number of hydrogen-bond donors (Lipinski definition) is 2. The summed E-state index contributed by atoms with van der Waals surface area (Å²) in [7, 11) is 0. The topological polar surface area (TPSA) is 103 Å². The van der Waals surface area contributed by atoms with Crippen LogP contribution in [-0.2, 0) is 4.74 Å². The van der Waals surface area contributed by atoms with Gasteiger partial charge in [0.15, 0.2) is 6.23 Å². The van der Waals surface area contributed by atoms with Crippen molar-refractivity contribution in [2.45, 2.75) is 12.3 Å². The predicted octanol–water partition coefficient (Wildman–Crippen LogP) is -1.33. The van der Waals surface area contributed by atoms with Gasteiger partial charge >= 0.3 is 5.69 Å². The molecule has 0 radical (unpaired) electrons. The number of nitrogens with two attached hydrogens (primary N) is 1. The number of aliphatic hydroxyl groups excluding tert-OH is 1. The average Bonchev–Trinajstić information content (AvgIpc) is 2.66. The van der Waals surface area contributed by atoms with Crippen molar-refractivity contribution in [2.75, 3.05) is 12.3 Å². The van der Waals surface area contributed by atoms with Gasteiger partial charge in [0.05, 0.1) is 12.8 Å². The number of rotatable bonds is 2. The molecular weight excluding hydrogens is 200 g/mol. The number of aliphatic hydroxyl groups is 1. The Kier molecular flexibility index (Phi) is 2.48. The van der Waals surface area contributed by atoms with E-state index in [9.17, 15) is 4.79 Å². The van der Waals surface area contributed by atoms with Crippen LogP contribution in [0.4, 0.5) is 5.82 Å². The van der Waals surface area contributed by atoms with E-state index in [0.717, 1.165) is 4.68 Å². The molecule has 0 aromatic carbocycles. The molecule has 1 aliphatic heterocycles. The van der Waals surface area contributed by atoms with Crippen LogP contribution in [0, 0.1) is 0 Å². The fraction of sp³-hybridized carbons (Fsp3) is 0.375. The summed E-state index contributed by atoms with van der Waals surface area (Å²) in [6.07, 6.45) is 3.54. The largest absolute Gasteiger partial charge is 0.393 e. The van der Waals surface area contributed by atoms with E-state index >= 15 is 0 Å². The molecule has 1 aromatic heterocycles. The maximum atomic E-state index is 11.4. The van der Waals surface area contributed by atoms with Crippen LogP contribution in [0.25, 0.3) is 0 Å². The molecule has 7 nitrogen and oxygen atoms in total. The highest BCUT2D eigenvalue weighted by atomic mass is 16.5. The lowest BCUT2D eigenvalue weighted by Crippen LogP contribution is -2.30. The van der Waals surface area contributed by atoms with Crippen LogP contribution < -0.4 is 11.4 Å². The van der Waals surface area contributed by atoms with Crippen LogP contribution in [0.5, 0.6) is 0 Å². The van der Waals surface area contributed by atoms with Crippen LogP contribution >= 0.6 is 0 Å². The third-order valence-electron chi connectivity index (χ3n) is 1.96. The summed E-state index contributed by atoms with van der Waals surface area (Å²) in [5, 5.41) is 12.6. The zero-order valence-corrected chi connectivity index (χ0v) is 7.78. The van der Waals surface area contributed by atoms with Crippen molar-refractivity contribution in [1.82, 2.24) is 14.8 Å². The van der Waals surface area contributed by atoms with Crippen molar-refractivity contribution in [3.8, 4) is 0 Å². The first-order chi connectivity index (χ1) is 7.20. The van der Waals surface area contributed by atoms with Gasteiger partial charge in [-0.3, -0.25) is 0 Å². The van der Waals surface area contributed by atoms with Gasteiger partial charge in [-0.2, -0.15) is 14.8 Å². The van der Waals surface area contributed by atoms with E-state index in [1.54, 1.807) is 12.2 Å². The van der Waals surface area contributed by atoms with E-state index in [2.05, 4.69) is 10.1 Å². The number of ether oxygens (including phenoxy) is 1. The van der Waals surface area contributed by atoms with Crippen molar-refractivity contribution in [3.05, 3.63) is 28.8 Å². The molecule has 0 bridgehead atoms. The number of aromatic nitrogens is 3. The molecule has 3 N–H and O–H groups in total. The third-order valence-corrected chi connectivity index (χ3v) is 1.96. The second kappa shape index (κ2) is 3.79. The maximum absolute atomic E-state index is 11.4. The molecule has 2 rings (SSSR count). The molecule has 0 amide bonds. The Morgan fingerprint density at radius 1 is 1.60 bits per heavy atom. The molecule has 2 heterocycles. The minimum atomic E-state index is -0.622. The summed E-state index contributed by atoms with van der Waals surface area (Å²) in [5.74, 6) is 0.0666. The smallest absolute Gasteiger partial charge is 0.368 e. The highest BCUT2D eigenvalue weighted by Crippen LogP contribution is 2.17. The summed E-state index contributed by atoms with van der Waals surface area (Å²) in [6, 6.07) is 0. The minimum absolute atomic E-state index is 0.0666. The number of nitrogen functional groups attached to an aromatic ring is 1. The Labute approximate surface area is 84.8 Å². The van der Waals surface area contributed by atoms with Gasteiger partial charge in [-0.25, -0.2) is 4.79 Å². The molecule has 0 fully saturated rings. The molecule has 7 heteroatoms. The molecule has 2 atom stereocenters. The summed E-state index contributed by atoms with van der Waals surface area (Å²) in [5.41, 5.74) is 4.71. The Hall–Kier alpha value is -1.73. The lowest BCUT2D eigenvalue weighted by molar-refractivity contribution is -0.0169. The lowest BCUT2D eigenvalue weighted by atomic mass is 10.4. The quantitative estimate of drug-likeness (QED) is 0.586. The summed E-state index contributed by atoms with van der Waals surface area (Å²) >= 11 is 0. The molecule has 1 aliphatic rings. The minimum Gasteiger partial charge on any atom is -0.393 e. The van der Waals surface area contributed by atoms with Crippen LogP contribution in [0.2, 0.25) is 0 Å². The van der Waals surface area contributed by atoms with E-state index in [-0.39, 0.29) is 12.4 Å². The Morgan fingerprint density at radius 2 is 2.40 bits per heavy atom. The predicted molar refractivity (Wildman–Crippen MR) is 50.8 cm³/mol. The fourth-order valence-corrected chi connectivity index (χ4v) is 1.27. The lowest BCUT2D eigenvalue weighted by Gasteiger charge is -2.12. The molecule has 0 unspecified atom stereocenters. The molecule has 0 aliphatic carbocycles. The molecule has 0 spiro atoms. The summed E-state index contributed by atoms with van der Waals surface area (Å²) < 4.78 is 6.33. The van der Waals surface area contributed by atoms with Gasteiger partial charge in [-0.1, -0.05) is 6.08 Å². The zero-order valence-electron chi connectivity index (χ0n) is 7.78. The molecule has 80 valence electrons. The van der Waals surface area contributed by atoms with Gasteiger partial charge in [0.1, 0.15) is 11.9 Å². The van der Waals surface area contributed by atoms with E-state index in [0.29, 0.717) is 0 Å². The van der Waals surface area contributed by atoms with Gasteiger partial charge in [-0.05, 0) is 6.08 Å². The Morgan fingerprint density at radius 3 is 3.00 bits per heavy atom. The van der Waals surface area contributed by atoms with Crippen molar-refractivity contribution >= 4 is 5.82 Å². The molecule has 0 saturated heterocycles. The Bertz CT molecular complexity index is 442. The molecule has 1 aromatic rings. The molecule has 15 heavy (non-hydrogen) atoms. The second-order valence-electron chi connectivity index (χ2n) is 3.04. The second-order valence-corrected chi connectivity index (χ2v) is 3.04. The fourth-order valence-electron chi connectivity index (χ4n) is 1.27. The normalized spacial score (nSPS) is 24.6. The van der Waals surface area contributed by atoms with Crippen molar-refractivity contribution in [1.29, 1.82) is 0 Å². The molecule has 0 saturated carbocycles.